The van der Waals surface area contributed by atoms with E-state index in [2.05, 4.69) is 4.98 Å². The molecule has 6 heteroatoms. The second-order valence-corrected chi connectivity index (χ2v) is 6.28. The summed E-state index contributed by atoms with van der Waals surface area (Å²) in [4.78, 5) is 18.1. The first-order valence-corrected chi connectivity index (χ1v) is 7.62. The summed E-state index contributed by atoms with van der Waals surface area (Å²) in [6.07, 6.45) is -0.250. The fraction of sp³-hybridized carbons (Fsp3) is 0.412. The van der Waals surface area contributed by atoms with E-state index in [4.69, 9.17) is 5.73 Å². The molecule has 1 aliphatic heterocycles. The van der Waals surface area contributed by atoms with Gasteiger partial charge in [0.1, 0.15) is 5.82 Å². The molecule has 2 heterocycles. The number of primary amides is 1. The van der Waals surface area contributed by atoms with E-state index >= 15 is 0 Å². The van der Waals surface area contributed by atoms with Crippen molar-refractivity contribution in [1.82, 2.24) is 4.98 Å². The Morgan fingerprint density at radius 1 is 1.39 bits per heavy atom. The maximum absolute atomic E-state index is 13.7. The lowest BCUT2D eigenvalue weighted by atomic mass is 9.95. The maximum Gasteiger partial charge on any atom is 0.254 e. The number of aromatic nitrogens is 1. The minimum absolute atomic E-state index is 0.150. The van der Waals surface area contributed by atoms with Gasteiger partial charge >= 0.3 is 0 Å². The molecule has 0 bridgehead atoms. The number of nitrogens with two attached hydrogens (primary N) is 1. The van der Waals surface area contributed by atoms with Crippen LogP contribution in [0.3, 0.4) is 0 Å². The number of nitrogens with zero attached hydrogens (tertiary/aromatic N) is 2. The molecule has 0 aliphatic carbocycles. The summed E-state index contributed by atoms with van der Waals surface area (Å²) in [6.45, 7) is 3.77. The highest BCUT2D eigenvalue weighted by Gasteiger charge is 2.42. The van der Waals surface area contributed by atoms with Crippen molar-refractivity contribution in [2.24, 2.45) is 11.7 Å². The van der Waals surface area contributed by atoms with Crippen molar-refractivity contribution in [3.05, 3.63) is 35.4 Å². The van der Waals surface area contributed by atoms with E-state index in [0.717, 1.165) is 16.5 Å². The molecular weight excluding hydrogens is 300 g/mol. The van der Waals surface area contributed by atoms with E-state index in [-0.39, 0.29) is 25.1 Å². The standard InChI is InChI=1S/C17H19F2N3O/c1-10-3-4-14-12(7-10)8-13(15(20)23)16(21-14)22-6-5-17(18,19)11(2)9-22/h3-4,7-8,11H,5-6,9H2,1-2H3,(H2,20,23). The van der Waals surface area contributed by atoms with E-state index in [1.54, 1.807) is 11.0 Å². The molecule has 0 spiro atoms. The number of hydrogen-bond donors (Lipinski definition) is 1. The lowest BCUT2D eigenvalue weighted by Gasteiger charge is -2.37. The quantitative estimate of drug-likeness (QED) is 0.925. The normalized spacial score (nSPS) is 20.7. The molecule has 2 aromatic rings. The molecule has 122 valence electrons. The second kappa shape index (κ2) is 5.44. The van der Waals surface area contributed by atoms with Gasteiger partial charge in [0.2, 0.25) is 0 Å². The molecule has 1 saturated heterocycles. The maximum atomic E-state index is 13.7. The highest BCUT2D eigenvalue weighted by molar-refractivity contribution is 6.01. The lowest BCUT2D eigenvalue weighted by molar-refractivity contribution is -0.0652. The molecule has 3 rings (SSSR count). The SMILES string of the molecule is Cc1ccc2nc(N3CCC(F)(F)C(C)C3)c(C(N)=O)cc2c1. The van der Waals surface area contributed by atoms with Crippen molar-refractivity contribution in [2.75, 3.05) is 18.0 Å². The van der Waals surface area contributed by atoms with E-state index in [1.165, 1.54) is 6.92 Å². The summed E-state index contributed by atoms with van der Waals surface area (Å²) in [5.74, 6) is -3.68. The van der Waals surface area contributed by atoms with Crippen LogP contribution in [-0.2, 0) is 0 Å². The number of rotatable bonds is 2. The monoisotopic (exact) mass is 319 g/mol. The van der Waals surface area contributed by atoms with Gasteiger partial charge in [0.15, 0.2) is 0 Å². The molecular formula is C17H19F2N3O. The number of halogens is 2. The Bertz CT molecular complexity index is 776. The first-order valence-electron chi connectivity index (χ1n) is 7.62. The van der Waals surface area contributed by atoms with Gasteiger partial charge in [-0.1, -0.05) is 18.6 Å². The molecule has 1 aliphatic rings. The third kappa shape index (κ3) is 2.85. The number of carbonyl (C=O) groups is 1. The molecule has 4 nitrogen and oxygen atoms in total. The molecule has 1 unspecified atom stereocenters. The Hall–Kier alpha value is -2.24. The molecule has 1 aromatic carbocycles. The summed E-state index contributed by atoms with van der Waals surface area (Å²) in [7, 11) is 0. The molecule has 23 heavy (non-hydrogen) atoms. The Morgan fingerprint density at radius 2 is 2.13 bits per heavy atom. The topological polar surface area (TPSA) is 59.2 Å². The summed E-state index contributed by atoms with van der Waals surface area (Å²) in [5, 5.41) is 0.818. The van der Waals surface area contributed by atoms with Gasteiger partial charge in [0.25, 0.3) is 11.8 Å². The molecule has 1 amide bonds. The van der Waals surface area contributed by atoms with Crippen LogP contribution in [0.4, 0.5) is 14.6 Å². The number of pyridine rings is 1. The van der Waals surface area contributed by atoms with Crippen LogP contribution in [0.25, 0.3) is 10.9 Å². The van der Waals surface area contributed by atoms with Crippen LogP contribution in [0.1, 0.15) is 29.3 Å². The van der Waals surface area contributed by atoms with Crippen molar-refractivity contribution in [2.45, 2.75) is 26.2 Å². The van der Waals surface area contributed by atoms with E-state index in [0.29, 0.717) is 5.82 Å². The van der Waals surface area contributed by atoms with Crippen LogP contribution in [0.2, 0.25) is 0 Å². The van der Waals surface area contributed by atoms with Crippen LogP contribution in [-0.4, -0.2) is 29.9 Å². The zero-order chi connectivity index (χ0) is 16.8. The van der Waals surface area contributed by atoms with Gasteiger partial charge < -0.3 is 10.6 Å². The number of alkyl halides is 2. The van der Waals surface area contributed by atoms with Gasteiger partial charge in [-0.05, 0) is 25.1 Å². The molecule has 2 N–H and O–H groups in total. The van der Waals surface area contributed by atoms with E-state index in [1.807, 2.05) is 25.1 Å². The average Bonchev–Trinajstić information content (AvgIpc) is 2.48. The zero-order valence-electron chi connectivity index (χ0n) is 13.1. The van der Waals surface area contributed by atoms with Crippen LogP contribution in [0.15, 0.2) is 24.3 Å². The minimum atomic E-state index is -2.68. The number of aryl methyl sites for hydroxylation is 1. The highest BCUT2D eigenvalue weighted by Crippen LogP contribution is 2.36. The summed E-state index contributed by atoms with van der Waals surface area (Å²) < 4.78 is 27.4. The van der Waals surface area contributed by atoms with Gasteiger partial charge in [-0.25, -0.2) is 13.8 Å². The van der Waals surface area contributed by atoms with Crippen LogP contribution in [0, 0.1) is 12.8 Å². The van der Waals surface area contributed by atoms with Gasteiger partial charge in [0.05, 0.1) is 11.1 Å². The molecule has 1 atom stereocenters. The van der Waals surface area contributed by atoms with Gasteiger partial charge in [-0.2, -0.15) is 0 Å². The van der Waals surface area contributed by atoms with E-state index in [9.17, 15) is 13.6 Å². The number of hydrogen-bond acceptors (Lipinski definition) is 3. The molecule has 1 aromatic heterocycles. The van der Waals surface area contributed by atoms with Crippen LogP contribution < -0.4 is 10.6 Å². The van der Waals surface area contributed by atoms with Crippen molar-refractivity contribution in [1.29, 1.82) is 0 Å². The highest BCUT2D eigenvalue weighted by atomic mass is 19.3. The average molecular weight is 319 g/mol. The number of anilines is 1. The number of amides is 1. The smallest absolute Gasteiger partial charge is 0.254 e. The number of benzene rings is 1. The zero-order valence-corrected chi connectivity index (χ0v) is 13.1. The summed E-state index contributed by atoms with van der Waals surface area (Å²) in [5.41, 5.74) is 7.54. The van der Waals surface area contributed by atoms with E-state index < -0.39 is 17.7 Å². The van der Waals surface area contributed by atoms with Crippen molar-refractivity contribution in [3.8, 4) is 0 Å². The number of carbonyl (C=O) groups excluding carboxylic acids is 1. The Labute approximate surface area is 133 Å². The first kappa shape index (κ1) is 15.6. The lowest BCUT2D eigenvalue weighted by Crippen LogP contribution is -2.46. The molecule has 1 fully saturated rings. The molecule has 0 saturated carbocycles. The second-order valence-electron chi connectivity index (χ2n) is 6.28. The largest absolute Gasteiger partial charge is 0.365 e. The van der Waals surface area contributed by atoms with Crippen molar-refractivity contribution in [3.63, 3.8) is 0 Å². The van der Waals surface area contributed by atoms with Crippen molar-refractivity contribution >= 4 is 22.6 Å². The third-order valence-electron chi connectivity index (χ3n) is 4.45. The predicted octanol–water partition coefficient (Wildman–Crippen LogP) is 3.12. The third-order valence-corrected chi connectivity index (χ3v) is 4.45. The van der Waals surface area contributed by atoms with Gasteiger partial charge in [0, 0.05) is 30.8 Å². The Balaban J connectivity index is 2.07. The van der Waals surface area contributed by atoms with Gasteiger partial charge in [-0.3, -0.25) is 4.79 Å². The fourth-order valence-corrected chi connectivity index (χ4v) is 2.99. The summed E-state index contributed by atoms with van der Waals surface area (Å²) >= 11 is 0. The Kier molecular flexibility index (Phi) is 3.70. The number of piperidine rings is 1. The number of fused-ring (bicyclic) bond motifs is 1. The first-order chi connectivity index (χ1) is 10.8. The van der Waals surface area contributed by atoms with Crippen LogP contribution in [0.5, 0.6) is 0 Å². The predicted molar refractivity (Wildman–Crippen MR) is 85.9 cm³/mol. The fourth-order valence-electron chi connectivity index (χ4n) is 2.99. The molecule has 0 radical (unpaired) electrons. The van der Waals surface area contributed by atoms with Crippen LogP contribution >= 0.6 is 0 Å². The Morgan fingerprint density at radius 3 is 2.78 bits per heavy atom. The summed E-state index contributed by atoms with van der Waals surface area (Å²) in [6, 6.07) is 7.41. The minimum Gasteiger partial charge on any atom is -0.365 e. The van der Waals surface area contributed by atoms with Crippen molar-refractivity contribution < 1.29 is 13.6 Å². The van der Waals surface area contributed by atoms with Gasteiger partial charge in [-0.15, -0.1) is 0 Å².